The molecule has 3 aromatic carbocycles. The molecule has 1 aliphatic carbocycles. The molecule has 0 atom stereocenters. The first-order valence-corrected chi connectivity index (χ1v) is 9.20. The van der Waals surface area contributed by atoms with Crippen LogP contribution in [-0.2, 0) is 0 Å². The van der Waals surface area contributed by atoms with Gasteiger partial charge in [0.2, 0.25) is 0 Å². The quantitative estimate of drug-likeness (QED) is 0.467. The van der Waals surface area contributed by atoms with Crippen LogP contribution in [0.5, 0.6) is 5.75 Å². The molecule has 0 spiro atoms. The Labute approximate surface area is 163 Å². The third-order valence-corrected chi connectivity index (χ3v) is 5.48. The van der Waals surface area contributed by atoms with Crippen LogP contribution in [0.15, 0.2) is 76.8 Å². The summed E-state index contributed by atoms with van der Waals surface area (Å²) in [6.45, 7) is 0. The van der Waals surface area contributed by atoms with Crippen molar-refractivity contribution in [1.82, 2.24) is 0 Å². The highest BCUT2D eigenvalue weighted by Gasteiger charge is 2.18. The van der Waals surface area contributed by atoms with Crippen molar-refractivity contribution in [3.8, 4) is 16.9 Å². The lowest BCUT2D eigenvalue weighted by atomic mass is 9.89. The van der Waals surface area contributed by atoms with E-state index in [1.165, 1.54) is 0 Å². The standard InChI is InChI=1S/C23H17Cl2O/c1-26-22-14-16(13-15-7-2-3-9-18(15)22)17-8-4-5-10-19(17)20-11-6-12-21(24)23(20)25/h2-5,7-14H,6H2,1H3. The molecular weight excluding hydrogens is 363 g/mol. The minimum Gasteiger partial charge on any atom is -0.496 e. The summed E-state index contributed by atoms with van der Waals surface area (Å²) in [7, 11) is 1.70. The van der Waals surface area contributed by atoms with Crippen molar-refractivity contribution in [3.05, 3.63) is 88.8 Å². The van der Waals surface area contributed by atoms with E-state index in [0.717, 1.165) is 45.2 Å². The third kappa shape index (κ3) is 3.02. The monoisotopic (exact) mass is 379 g/mol. The maximum Gasteiger partial charge on any atom is 0.127 e. The largest absolute Gasteiger partial charge is 0.496 e. The van der Waals surface area contributed by atoms with Gasteiger partial charge in [0, 0.05) is 5.39 Å². The zero-order valence-electron chi connectivity index (χ0n) is 14.3. The van der Waals surface area contributed by atoms with E-state index in [9.17, 15) is 0 Å². The molecule has 0 heterocycles. The minimum atomic E-state index is 0.595. The number of rotatable bonds is 3. The molecule has 1 aliphatic rings. The zero-order chi connectivity index (χ0) is 18.1. The second-order valence-electron chi connectivity index (χ2n) is 6.16. The lowest BCUT2D eigenvalue weighted by molar-refractivity contribution is 0.420. The van der Waals surface area contributed by atoms with Crippen molar-refractivity contribution in [2.75, 3.05) is 7.11 Å². The van der Waals surface area contributed by atoms with E-state index in [1.54, 1.807) is 7.11 Å². The van der Waals surface area contributed by atoms with Gasteiger partial charge in [-0.05, 0) is 52.6 Å². The van der Waals surface area contributed by atoms with E-state index in [4.69, 9.17) is 27.9 Å². The summed E-state index contributed by atoms with van der Waals surface area (Å²) >= 11 is 12.8. The Balaban J connectivity index is 1.94. The fourth-order valence-electron chi connectivity index (χ4n) is 3.39. The smallest absolute Gasteiger partial charge is 0.127 e. The van der Waals surface area contributed by atoms with Gasteiger partial charge < -0.3 is 4.74 Å². The van der Waals surface area contributed by atoms with E-state index < -0.39 is 0 Å². The maximum absolute atomic E-state index is 6.50. The number of methoxy groups -OCH3 is 1. The summed E-state index contributed by atoms with van der Waals surface area (Å²) in [5.74, 6) is 0.860. The number of halogens is 2. The molecule has 129 valence electrons. The Bertz CT molecular complexity index is 1050. The van der Waals surface area contributed by atoms with Crippen LogP contribution in [0.3, 0.4) is 0 Å². The van der Waals surface area contributed by atoms with Crippen LogP contribution >= 0.6 is 23.2 Å². The van der Waals surface area contributed by atoms with Crippen LogP contribution in [0.2, 0.25) is 0 Å². The van der Waals surface area contributed by atoms with Gasteiger partial charge in [0.15, 0.2) is 0 Å². The second-order valence-corrected chi connectivity index (χ2v) is 6.95. The van der Waals surface area contributed by atoms with Crippen molar-refractivity contribution in [1.29, 1.82) is 0 Å². The topological polar surface area (TPSA) is 9.23 Å². The fraction of sp³-hybridized carbons (Fsp3) is 0.0870. The molecule has 1 radical (unpaired) electrons. The first-order chi connectivity index (χ1) is 12.7. The van der Waals surface area contributed by atoms with Crippen LogP contribution in [0.25, 0.3) is 27.5 Å². The van der Waals surface area contributed by atoms with Gasteiger partial charge in [0.05, 0.1) is 17.2 Å². The predicted molar refractivity (Wildman–Crippen MR) is 112 cm³/mol. The van der Waals surface area contributed by atoms with Gasteiger partial charge >= 0.3 is 0 Å². The fourth-order valence-corrected chi connectivity index (χ4v) is 3.83. The van der Waals surface area contributed by atoms with E-state index in [2.05, 4.69) is 42.8 Å². The molecule has 4 rings (SSSR count). The van der Waals surface area contributed by atoms with Crippen molar-refractivity contribution in [2.45, 2.75) is 6.42 Å². The Kier molecular flexibility index (Phi) is 4.76. The maximum atomic E-state index is 6.50. The number of allylic oxidation sites excluding steroid dienone is 4. The zero-order valence-corrected chi connectivity index (χ0v) is 15.8. The van der Waals surface area contributed by atoms with E-state index in [-0.39, 0.29) is 0 Å². The number of hydrogen-bond acceptors (Lipinski definition) is 1. The van der Waals surface area contributed by atoms with Crippen LogP contribution in [0.1, 0.15) is 12.0 Å². The van der Waals surface area contributed by atoms with Crippen LogP contribution in [0.4, 0.5) is 0 Å². The SMILES string of the molecule is COc1cc(-c2ccccc2C2=C(Cl)C(Cl)=CC[CH]2)cc2ccccc12. The number of hydrogen-bond donors (Lipinski definition) is 0. The Morgan fingerprint density at radius 3 is 2.42 bits per heavy atom. The lowest BCUT2D eigenvalue weighted by Crippen LogP contribution is -1.97. The van der Waals surface area contributed by atoms with Gasteiger partial charge in [-0.15, -0.1) is 0 Å². The molecule has 26 heavy (non-hydrogen) atoms. The predicted octanol–water partition coefficient (Wildman–Crippen LogP) is 7.20. The molecule has 0 saturated carbocycles. The van der Waals surface area contributed by atoms with E-state index in [0.29, 0.717) is 10.1 Å². The molecule has 0 aliphatic heterocycles. The molecule has 0 fully saturated rings. The second kappa shape index (κ2) is 7.19. The summed E-state index contributed by atoms with van der Waals surface area (Å²) in [6, 6.07) is 20.7. The Morgan fingerprint density at radius 1 is 0.885 bits per heavy atom. The molecule has 1 nitrogen and oxygen atoms in total. The van der Waals surface area contributed by atoms with Crippen molar-refractivity contribution in [2.24, 2.45) is 0 Å². The van der Waals surface area contributed by atoms with Crippen molar-refractivity contribution >= 4 is 39.5 Å². The number of benzene rings is 3. The van der Waals surface area contributed by atoms with Gasteiger partial charge in [-0.25, -0.2) is 0 Å². The minimum absolute atomic E-state index is 0.595. The van der Waals surface area contributed by atoms with Crippen LogP contribution in [0, 0.1) is 6.42 Å². The lowest BCUT2D eigenvalue weighted by Gasteiger charge is -2.18. The number of fused-ring (bicyclic) bond motifs is 1. The highest BCUT2D eigenvalue weighted by atomic mass is 35.5. The van der Waals surface area contributed by atoms with Gasteiger partial charge in [0.1, 0.15) is 5.75 Å². The molecule has 0 saturated heterocycles. The van der Waals surface area contributed by atoms with E-state index >= 15 is 0 Å². The summed E-state index contributed by atoms with van der Waals surface area (Å²) in [6.07, 6.45) is 4.82. The Hall–Kier alpha value is -2.22. The normalized spacial score (nSPS) is 14.5. The highest BCUT2D eigenvalue weighted by molar-refractivity contribution is 6.46. The number of ether oxygens (including phenoxy) is 1. The van der Waals surface area contributed by atoms with E-state index in [1.807, 2.05) is 30.3 Å². The molecule has 0 N–H and O–H groups in total. The van der Waals surface area contributed by atoms with Crippen molar-refractivity contribution in [3.63, 3.8) is 0 Å². The molecule has 0 amide bonds. The van der Waals surface area contributed by atoms with Crippen LogP contribution < -0.4 is 4.74 Å². The molecule has 0 unspecified atom stereocenters. The molecule has 3 aromatic rings. The molecular formula is C23H17Cl2O. The molecule has 0 bridgehead atoms. The first-order valence-electron chi connectivity index (χ1n) is 8.44. The van der Waals surface area contributed by atoms with Crippen molar-refractivity contribution < 1.29 is 4.74 Å². The molecule has 3 heteroatoms. The van der Waals surface area contributed by atoms with Crippen LogP contribution in [-0.4, -0.2) is 7.11 Å². The highest BCUT2D eigenvalue weighted by Crippen LogP contribution is 2.41. The summed E-state index contributed by atoms with van der Waals surface area (Å²) in [5, 5.41) is 3.44. The summed E-state index contributed by atoms with van der Waals surface area (Å²) < 4.78 is 5.64. The average Bonchev–Trinajstić information content (AvgIpc) is 2.69. The summed E-state index contributed by atoms with van der Waals surface area (Å²) in [4.78, 5) is 0. The summed E-state index contributed by atoms with van der Waals surface area (Å²) in [5.41, 5.74) is 4.24. The third-order valence-electron chi connectivity index (χ3n) is 4.64. The first kappa shape index (κ1) is 17.2. The van der Waals surface area contributed by atoms with Gasteiger partial charge in [-0.1, -0.05) is 77.8 Å². The van der Waals surface area contributed by atoms with Gasteiger partial charge in [0.25, 0.3) is 0 Å². The van der Waals surface area contributed by atoms with Gasteiger partial charge in [-0.3, -0.25) is 0 Å². The Morgan fingerprint density at radius 2 is 1.62 bits per heavy atom. The van der Waals surface area contributed by atoms with Gasteiger partial charge in [-0.2, -0.15) is 0 Å². The average molecular weight is 380 g/mol. The molecule has 0 aromatic heterocycles.